The highest BCUT2D eigenvalue weighted by molar-refractivity contribution is 7.92. The highest BCUT2D eigenvalue weighted by atomic mass is 32.2. The molecular weight excluding hydrogens is 388 g/mol. The van der Waals surface area contributed by atoms with Crippen molar-refractivity contribution in [1.29, 1.82) is 0 Å². The van der Waals surface area contributed by atoms with Crippen molar-refractivity contribution in [3.8, 4) is 5.75 Å². The van der Waals surface area contributed by atoms with Gasteiger partial charge in [0.2, 0.25) is 10.0 Å². The van der Waals surface area contributed by atoms with Crippen LogP contribution in [0.1, 0.15) is 22.9 Å². The number of hydrogen-bond acceptors (Lipinski definition) is 5. The second kappa shape index (κ2) is 8.18. The van der Waals surface area contributed by atoms with Crippen molar-refractivity contribution in [1.82, 2.24) is 19.3 Å². The van der Waals surface area contributed by atoms with Gasteiger partial charge in [0.15, 0.2) is 0 Å². The Hall–Kier alpha value is -2.97. The first kappa shape index (κ1) is 19.4. The number of nitrogens with zero attached hydrogens (tertiary/aromatic N) is 4. The van der Waals surface area contributed by atoms with Crippen molar-refractivity contribution >= 4 is 16.1 Å². The summed E-state index contributed by atoms with van der Waals surface area (Å²) in [4.78, 5) is 0. The van der Waals surface area contributed by atoms with Crippen LogP contribution in [0.3, 0.4) is 0 Å². The Labute approximate surface area is 170 Å². The molecule has 0 unspecified atom stereocenters. The van der Waals surface area contributed by atoms with Crippen LogP contribution in [0.15, 0.2) is 66.2 Å². The van der Waals surface area contributed by atoms with E-state index in [-0.39, 0.29) is 6.04 Å². The highest BCUT2D eigenvalue weighted by Gasteiger charge is 2.36. The summed E-state index contributed by atoms with van der Waals surface area (Å²) in [6, 6.07) is 17.2. The SMILES string of the molecule is Cc1ccc(/C=C/S(=O)(=O)N2CC(n3cc(COc4ccccc4)nn3)C2)cc1. The average Bonchev–Trinajstić information content (AvgIpc) is 3.14. The van der Waals surface area contributed by atoms with Gasteiger partial charge in [-0.15, -0.1) is 5.10 Å². The van der Waals surface area contributed by atoms with E-state index in [9.17, 15) is 8.42 Å². The summed E-state index contributed by atoms with van der Waals surface area (Å²) in [6.07, 6.45) is 3.43. The standard InChI is InChI=1S/C21H22N4O3S/c1-17-7-9-18(10-8-17)11-12-29(26,27)24-14-20(15-24)25-13-19(22-23-25)16-28-21-5-3-2-4-6-21/h2-13,20H,14-16H2,1H3/b12-11+. The summed E-state index contributed by atoms with van der Waals surface area (Å²) in [5.74, 6) is 0.767. The second-order valence-corrected chi connectivity index (χ2v) is 8.84. The molecule has 0 atom stereocenters. The molecule has 1 saturated heterocycles. The lowest BCUT2D eigenvalue weighted by molar-refractivity contribution is 0.191. The lowest BCUT2D eigenvalue weighted by Crippen LogP contribution is -2.50. The highest BCUT2D eigenvalue weighted by Crippen LogP contribution is 2.25. The molecular formula is C21H22N4O3S. The van der Waals surface area contributed by atoms with Gasteiger partial charge in [-0.05, 0) is 30.7 Å². The molecule has 4 rings (SSSR count). The first-order valence-electron chi connectivity index (χ1n) is 9.33. The van der Waals surface area contributed by atoms with Gasteiger partial charge in [0.25, 0.3) is 0 Å². The number of benzene rings is 2. The number of aromatic nitrogens is 3. The van der Waals surface area contributed by atoms with Crippen LogP contribution in [0.25, 0.3) is 6.08 Å². The lowest BCUT2D eigenvalue weighted by Gasteiger charge is -2.36. The molecule has 0 spiro atoms. The summed E-state index contributed by atoms with van der Waals surface area (Å²) in [5, 5.41) is 9.48. The van der Waals surface area contributed by atoms with Gasteiger partial charge in [0.05, 0.1) is 12.2 Å². The molecule has 2 heterocycles. The summed E-state index contributed by atoms with van der Waals surface area (Å²) in [5.41, 5.74) is 2.70. The molecule has 2 aromatic carbocycles. The predicted molar refractivity (Wildman–Crippen MR) is 111 cm³/mol. The molecule has 150 valence electrons. The van der Waals surface area contributed by atoms with Gasteiger partial charge in [0, 0.05) is 18.5 Å². The van der Waals surface area contributed by atoms with E-state index in [0.717, 1.165) is 16.9 Å². The minimum atomic E-state index is -3.45. The maximum Gasteiger partial charge on any atom is 0.236 e. The van der Waals surface area contributed by atoms with Gasteiger partial charge in [-0.2, -0.15) is 4.31 Å². The van der Waals surface area contributed by atoms with E-state index in [1.807, 2.05) is 61.5 Å². The van der Waals surface area contributed by atoms with E-state index in [1.54, 1.807) is 17.0 Å². The van der Waals surface area contributed by atoms with Gasteiger partial charge in [-0.3, -0.25) is 0 Å². The van der Waals surface area contributed by atoms with Gasteiger partial charge >= 0.3 is 0 Å². The van der Waals surface area contributed by atoms with Crippen molar-refractivity contribution in [3.05, 3.63) is 83.0 Å². The molecule has 0 amide bonds. The number of para-hydroxylation sites is 1. The van der Waals surface area contributed by atoms with Gasteiger partial charge in [-0.1, -0.05) is 53.2 Å². The van der Waals surface area contributed by atoms with Crippen molar-refractivity contribution < 1.29 is 13.2 Å². The molecule has 1 fully saturated rings. The van der Waals surface area contributed by atoms with E-state index < -0.39 is 10.0 Å². The first-order valence-corrected chi connectivity index (χ1v) is 10.8. The van der Waals surface area contributed by atoms with Crippen LogP contribution in [0.5, 0.6) is 5.75 Å². The fourth-order valence-electron chi connectivity index (χ4n) is 2.95. The first-order chi connectivity index (χ1) is 14.0. The molecule has 1 aliphatic rings. The molecule has 0 bridgehead atoms. The number of sulfonamides is 1. The van der Waals surface area contributed by atoms with Crippen molar-refractivity contribution in [3.63, 3.8) is 0 Å². The second-order valence-electron chi connectivity index (χ2n) is 7.02. The Morgan fingerprint density at radius 1 is 1.10 bits per heavy atom. The molecule has 0 aliphatic carbocycles. The van der Waals surface area contributed by atoms with Crippen molar-refractivity contribution in [2.45, 2.75) is 19.6 Å². The zero-order chi connectivity index (χ0) is 20.3. The normalized spacial score (nSPS) is 15.5. The maximum absolute atomic E-state index is 12.5. The van der Waals surface area contributed by atoms with E-state index in [4.69, 9.17) is 4.74 Å². The average molecular weight is 410 g/mol. The smallest absolute Gasteiger partial charge is 0.236 e. The number of ether oxygens (including phenoxy) is 1. The topological polar surface area (TPSA) is 77.3 Å². The lowest BCUT2D eigenvalue weighted by atomic mass is 10.2. The Bertz CT molecular complexity index is 1090. The molecule has 1 aromatic heterocycles. The maximum atomic E-state index is 12.5. The molecule has 29 heavy (non-hydrogen) atoms. The summed E-state index contributed by atoms with van der Waals surface area (Å²) in [6.45, 7) is 3.07. The monoisotopic (exact) mass is 410 g/mol. The van der Waals surface area contributed by atoms with Crippen LogP contribution in [0.4, 0.5) is 0 Å². The number of hydrogen-bond donors (Lipinski definition) is 0. The molecule has 0 radical (unpaired) electrons. The Morgan fingerprint density at radius 3 is 2.55 bits per heavy atom. The predicted octanol–water partition coefficient (Wildman–Crippen LogP) is 3.02. The van der Waals surface area contributed by atoms with E-state index in [0.29, 0.717) is 25.4 Å². The zero-order valence-corrected chi connectivity index (χ0v) is 16.9. The fourth-order valence-corrected chi connectivity index (χ4v) is 4.21. The molecule has 0 saturated carbocycles. The summed E-state index contributed by atoms with van der Waals surface area (Å²) >= 11 is 0. The Morgan fingerprint density at radius 2 is 1.83 bits per heavy atom. The van der Waals surface area contributed by atoms with Gasteiger partial charge in [-0.25, -0.2) is 13.1 Å². The van der Waals surface area contributed by atoms with E-state index in [2.05, 4.69) is 10.3 Å². The number of aryl methyl sites for hydroxylation is 1. The third-order valence-corrected chi connectivity index (χ3v) is 6.26. The van der Waals surface area contributed by atoms with Gasteiger partial charge in [0.1, 0.15) is 18.1 Å². The molecule has 7 nitrogen and oxygen atoms in total. The van der Waals surface area contributed by atoms with Crippen LogP contribution >= 0.6 is 0 Å². The van der Waals surface area contributed by atoms with E-state index >= 15 is 0 Å². The van der Waals surface area contributed by atoms with Crippen LogP contribution in [0.2, 0.25) is 0 Å². The third-order valence-electron chi connectivity index (χ3n) is 4.76. The third kappa shape index (κ3) is 4.72. The molecule has 8 heteroatoms. The Kier molecular flexibility index (Phi) is 5.46. The van der Waals surface area contributed by atoms with Crippen molar-refractivity contribution in [2.75, 3.05) is 13.1 Å². The fraction of sp³-hybridized carbons (Fsp3) is 0.238. The zero-order valence-electron chi connectivity index (χ0n) is 16.0. The largest absolute Gasteiger partial charge is 0.487 e. The van der Waals surface area contributed by atoms with Gasteiger partial charge < -0.3 is 4.74 Å². The van der Waals surface area contributed by atoms with E-state index in [1.165, 1.54) is 9.71 Å². The van der Waals surface area contributed by atoms with Crippen LogP contribution in [0, 0.1) is 6.92 Å². The summed E-state index contributed by atoms with van der Waals surface area (Å²) in [7, 11) is -3.45. The van der Waals surface area contributed by atoms with Crippen LogP contribution in [-0.2, 0) is 16.6 Å². The Balaban J connectivity index is 1.31. The summed E-state index contributed by atoms with van der Waals surface area (Å²) < 4.78 is 33.7. The molecule has 0 N–H and O–H groups in total. The minimum absolute atomic E-state index is 0.0180. The molecule has 3 aromatic rings. The quantitative estimate of drug-likeness (QED) is 0.598. The van der Waals surface area contributed by atoms with Crippen LogP contribution < -0.4 is 4.74 Å². The van der Waals surface area contributed by atoms with Crippen LogP contribution in [-0.4, -0.2) is 40.8 Å². The minimum Gasteiger partial charge on any atom is -0.487 e. The van der Waals surface area contributed by atoms with Crippen molar-refractivity contribution in [2.24, 2.45) is 0 Å². The number of rotatable bonds is 7. The molecule has 1 aliphatic heterocycles.